The van der Waals surface area contributed by atoms with Gasteiger partial charge < -0.3 is 24.3 Å². The lowest BCUT2D eigenvalue weighted by Gasteiger charge is -2.15. The molecule has 9 nitrogen and oxygen atoms in total. The third-order valence-electron chi connectivity index (χ3n) is 4.32. The third kappa shape index (κ3) is 7.34. The van der Waals surface area contributed by atoms with Crippen LogP contribution in [0.5, 0.6) is 23.0 Å². The maximum atomic E-state index is 12.9. The van der Waals surface area contributed by atoms with Crippen molar-refractivity contribution in [3.05, 3.63) is 35.4 Å². The maximum Gasteiger partial charge on any atom is 0.258 e. The summed E-state index contributed by atoms with van der Waals surface area (Å²) in [5.74, 6) is 0.625. The molecule has 184 valence electrons. The van der Waals surface area contributed by atoms with Gasteiger partial charge in [0.05, 0.1) is 31.5 Å². The Morgan fingerprint density at radius 3 is 2.18 bits per heavy atom. The van der Waals surface area contributed by atoms with Gasteiger partial charge in [0.1, 0.15) is 17.2 Å². The number of azo groups is 1. The molecule has 1 atom stereocenters. The Kier molecular flexibility index (Phi) is 10.6. The number of amides is 1. The fraction of sp³-hybridized carbons (Fsp3) is 0.417. The van der Waals surface area contributed by atoms with Gasteiger partial charge in [-0.25, -0.2) is 0 Å². The number of halogens is 1. The molecule has 0 spiro atoms. The number of nitrogens with one attached hydrogen (secondary N) is 1. The molecule has 0 aliphatic carbocycles. The van der Waals surface area contributed by atoms with E-state index in [0.717, 1.165) is 0 Å². The maximum absolute atomic E-state index is 12.9. The summed E-state index contributed by atoms with van der Waals surface area (Å²) in [6.45, 7) is 10.3. The van der Waals surface area contributed by atoms with E-state index in [4.69, 9.17) is 30.5 Å². The van der Waals surface area contributed by atoms with Crippen molar-refractivity contribution >= 4 is 34.7 Å². The molecule has 2 aromatic rings. The van der Waals surface area contributed by atoms with Crippen molar-refractivity contribution in [3.63, 3.8) is 0 Å². The van der Waals surface area contributed by atoms with E-state index in [1.54, 1.807) is 24.3 Å². The number of carbonyl (C=O) groups excluding carboxylic acids is 2. The second-order valence-electron chi connectivity index (χ2n) is 6.86. The van der Waals surface area contributed by atoms with Crippen LogP contribution >= 0.6 is 11.6 Å². The molecule has 1 unspecified atom stereocenters. The highest BCUT2D eigenvalue weighted by atomic mass is 35.5. The molecule has 0 bridgehead atoms. The number of carbonyl (C=O) groups is 2. The molecule has 1 amide bonds. The summed E-state index contributed by atoms with van der Waals surface area (Å²) in [4.78, 5) is 25.1. The van der Waals surface area contributed by atoms with Crippen molar-refractivity contribution in [2.24, 2.45) is 10.2 Å². The molecule has 2 aromatic carbocycles. The van der Waals surface area contributed by atoms with Crippen molar-refractivity contribution < 1.29 is 28.5 Å². The molecule has 0 aliphatic heterocycles. The van der Waals surface area contributed by atoms with E-state index in [9.17, 15) is 9.59 Å². The zero-order chi connectivity index (χ0) is 25.1. The van der Waals surface area contributed by atoms with E-state index >= 15 is 0 Å². The van der Waals surface area contributed by atoms with Crippen molar-refractivity contribution in [1.29, 1.82) is 0 Å². The number of rotatable bonds is 13. The Balaban J connectivity index is 2.31. The lowest BCUT2D eigenvalue weighted by molar-refractivity contribution is -0.126. The summed E-state index contributed by atoms with van der Waals surface area (Å²) >= 11 is 6.31. The van der Waals surface area contributed by atoms with Gasteiger partial charge >= 0.3 is 0 Å². The van der Waals surface area contributed by atoms with Gasteiger partial charge in [-0.15, -0.1) is 0 Å². The second-order valence-corrected chi connectivity index (χ2v) is 7.27. The normalized spacial score (nSPS) is 11.7. The molecular weight excluding hydrogens is 462 g/mol. The highest BCUT2D eigenvalue weighted by Crippen LogP contribution is 2.38. The number of ether oxygens (including phenoxy) is 4. The first kappa shape index (κ1) is 26.9. The molecule has 0 radical (unpaired) electrons. The van der Waals surface area contributed by atoms with Crippen molar-refractivity contribution in [2.45, 2.75) is 40.7 Å². The fourth-order valence-corrected chi connectivity index (χ4v) is 3.21. The van der Waals surface area contributed by atoms with Crippen LogP contribution < -0.4 is 24.3 Å². The fourth-order valence-electron chi connectivity index (χ4n) is 2.95. The van der Waals surface area contributed by atoms with E-state index in [1.165, 1.54) is 13.0 Å². The van der Waals surface area contributed by atoms with E-state index in [2.05, 4.69) is 15.5 Å². The first-order valence-electron chi connectivity index (χ1n) is 11.0. The van der Waals surface area contributed by atoms with Crippen LogP contribution in [0, 0.1) is 0 Å². The second kappa shape index (κ2) is 13.4. The number of hydrogen-bond acceptors (Lipinski definition) is 8. The minimum absolute atomic E-state index is 0.262. The first-order chi connectivity index (χ1) is 16.3. The van der Waals surface area contributed by atoms with E-state index in [0.29, 0.717) is 60.8 Å². The lowest BCUT2D eigenvalue weighted by Crippen LogP contribution is -2.31. The van der Waals surface area contributed by atoms with Gasteiger partial charge in [0, 0.05) is 17.8 Å². The zero-order valence-electron chi connectivity index (χ0n) is 20.0. The van der Waals surface area contributed by atoms with Gasteiger partial charge in [-0.2, -0.15) is 10.2 Å². The van der Waals surface area contributed by atoms with Crippen molar-refractivity contribution in [1.82, 2.24) is 0 Å². The molecule has 0 heterocycles. The monoisotopic (exact) mass is 491 g/mol. The predicted octanol–water partition coefficient (Wildman–Crippen LogP) is 5.61. The number of hydrogen-bond donors (Lipinski definition) is 1. The molecule has 0 saturated carbocycles. The summed E-state index contributed by atoms with van der Waals surface area (Å²) in [5.41, 5.74) is 0.672. The van der Waals surface area contributed by atoms with E-state index < -0.39 is 17.7 Å². The molecule has 0 fully saturated rings. The zero-order valence-corrected chi connectivity index (χ0v) is 20.8. The molecule has 1 N–H and O–H groups in total. The molecule has 0 saturated heterocycles. The van der Waals surface area contributed by atoms with Gasteiger partial charge in [0.25, 0.3) is 5.91 Å². The minimum atomic E-state index is -1.38. The third-order valence-corrected chi connectivity index (χ3v) is 4.60. The average molecular weight is 492 g/mol. The van der Waals surface area contributed by atoms with Crippen LogP contribution in [0.1, 0.15) is 34.6 Å². The smallest absolute Gasteiger partial charge is 0.258 e. The Labute approximate surface area is 204 Å². The number of Topliss-reactive ketones (excluding diaryl/α,β-unsaturated/α-hetero) is 1. The van der Waals surface area contributed by atoms with Gasteiger partial charge in [0.15, 0.2) is 17.3 Å². The highest BCUT2D eigenvalue weighted by molar-refractivity contribution is 6.32. The van der Waals surface area contributed by atoms with Crippen molar-refractivity contribution in [3.8, 4) is 23.0 Å². The molecule has 0 aliphatic rings. The van der Waals surface area contributed by atoms with Gasteiger partial charge in [-0.05, 0) is 52.8 Å². The van der Waals surface area contributed by atoms with E-state index in [-0.39, 0.29) is 5.02 Å². The minimum Gasteiger partial charge on any atom is -0.494 e. The largest absolute Gasteiger partial charge is 0.494 e. The number of ketones is 1. The molecule has 2 rings (SSSR count). The summed E-state index contributed by atoms with van der Waals surface area (Å²) in [7, 11) is 0. The Hall–Kier alpha value is -3.33. The van der Waals surface area contributed by atoms with Crippen LogP contribution in [0.15, 0.2) is 40.6 Å². The van der Waals surface area contributed by atoms with Gasteiger partial charge in [0.2, 0.25) is 6.04 Å². The Bertz CT molecular complexity index is 1030. The molecule has 0 aromatic heterocycles. The van der Waals surface area contributed by atoms with Crippen LogP contribution in [-0.2, 0) is 9.59 Å². The van der Waals surface area contributed by atoms with Crippen LogP contribution in [-0.4, -0.2) is 44.2 Å². The first-order valence-corrected chi connectivity index (χ1v) is 11.4. The predicted molar refractivity (Wildman–Crippen MR) is 130 cm³/mol. The highest BCUT2D eigenvalue weighted by Gasteiger charge is 2.24. The van der Waals surface area contributed by atoms with Crippen molar-refractivity contribution in [2.75, 3.05) is 31.7 Å². The number of benzene rings is 2. The molecular formula is C24H30ClN3O6. The molecule has 34 heavy (non-hydrogen) atoms. The SMILES string of the molecule is CCOc1ccc(OCC)c(N=NC(C(C)=O)C(=O)Nc2cc(Cl)c(OCC)c(OCC)c2)c1. The summed E-state index contributed by atoms with van der Waals surface area (Å²) in [6, 6.07) is 6.78. The summed E-state index contributed by atoms with van der Waals surface area (Å²) in [5, 5.41) is 11.0. The van der Waals surface area contributed by atoms with Crippen LogP contribution in [0.2, 0.25) is 5.02 Å². The van der Waals surface area contributed by atoms with Crippen LogP contribution in [0.4, 0.5) is 11.4 Å². The van der Waals surface area contributed by atoms with Gasteiger partial charge in [-0.3, -0.25) is 9.59 Å². The topological polar surface area (TPSA) is 108 Å². The summed E-state index contributed by atoms with van der Waals surface area (Å²) in [6.07, 6.45) is 0. The average Bonchev–Trinajstić information content (AvgIpc) is 2.78. The molecule has 10 heteroatoms. The summed E-state index contributed by atoms with van der Waals surface area (Å²) < 4.78 is 22.2. The van der Waals surface area contributed by atoms with Crippen LogP contribution in [0.3, 0.4) is 0 Å². The van der Waals surface area contributed by atoms with E-state index in [1.807, 2.05) is 27.7 Å². The number of anilines is 1. The standard InChI is InChI=1S/C24H30ClN3O6/c1-6-31-17-10-11-20(32-7-2)19(14-17)27-28-22(15(5)29)24(30)26-16-12-18(25)23(34-9-4)21(13-16)33-8-3/h10-14,22H,6-9H2,1-5H3,(H,26,30). The van der Waals surface area contributed by atoms with Crippen LogP contribution in [0.25, 0.3) is 0 Å². The van der Waals surface area contributed by atoms with Gasteiger partial charge in [-0.1, -0.05) is 11.6 Å². The Morgan fingerprint density at radius 2 is 1.56 bits per heavy atom. The Morgan fingerprint density at radius 1 is 0.912 bits per heavy atom. The lowest BCUT2D eigenvalue weighted by atomic mass is 10.2. The quantitative estimate of drug-likeness (QED) is 0.288. The number of nitrogens with zero attached hydrogens (tertiary/aromatic N) is 2.